The fraction of sp³-hybridized carbons (Fsp3) is 0.613. The number of carbonyl (C=O) groups excluding carboxylic acids is 2. The van der Waals surface area contributed by atoms with Gasteiger partial charge in [-0.05, 0) is 104 Å². The molecule has 5 aliphatic rings. The van der Waals surface area contributed by atoms with E-state index >= 15 is 0 Å². The Labute approximate surface area is 228 Å². The van der Waals surface area contributed by atoms with Crippen molar-refractivity contribution in [1.82, 2.24) is 0 Å². The van der Waals surface area contributed by atoms with Crippen LogP contribution in [-0.2, 0) is 22.4 Å². The molecule has 0 radical (unpaired) electrons. The van der Waals surface area contributed by atoms with E-state index in [9.17, 15) is 14.7 Å². The van der Waals surface area contributed by atoms with Gasteiger partial charge in [0, 0.05) is 21.2 Å². The quantitative estimate of drug-likeness (QED) is 0.350. The molecule has 36 heavy (non-hydrogen) atoms. The molecule has 0 saturated heterocycles. The van der Waals surface area contributed by atoms with Gasteiger partial charge in [-0.1, -0.05) is 54.2 Å². The van der Waals surface area contributed by atoms with Gasteiger partial charge in [-0.2, -0.15) is 0 Å². The lowest BCUT2D eigenvalue weighted by atomic mass is 9.46. The lowest BCUT2D eigenvalue weighted by Crippen LogP contribution is -2.56. The Bertz CT molecular complexity index is 1150. The third-order valence-corrected chi connectivity index (χ3v) is 11.8. The zero-order valence-electron chi connectivity index (χ0n) is 21.3. The minimum absolute atomic E-state index is 0.0637. The van der Waals surface area contributed by atoms with Gasteiger partial charge in [-0.15, -0.1) is 0 Å². The Hall–Kier alpha value is -1.47. The number of carbonyl (C=O) groups is 2. The number of hydrogen-bond donors (Lipinski definition) is 1. The highest BCUT2D eigenvalue weighted by Crippen LogP contribution is 2.67. The normalized spacial score (nSPS) is 41.0. The summed E-state index contributed by atoms with van der Waals surface area (Å²) in [5.74, 6) is 1.79. The largest absolute Gasteiger partial charge is 0.486 e. The Morgan fingerprint density at radius 2 is 1.94 bits per heavy atom. The number of ketones is 2. The molecule has 5 aliphatic carbocycles. The summed E-state index contributed by atoms with van der Waals surface area (Å²) in [5.41, 5.74) is 3.46. The fourth-order valence-corrected chi connectivity index (χ4v) is 10.7. The maximum absolute atomic E-state index is 13.7. The van der Waals surface area contributed by atoms with E-state index in [-0.39, 0.29) is 44.8 Å². The second-order valence-electron chi connectivity index (χ2n) is 12.4. The van der Waals surface area contributed by atoms with Crippen molar-refractivity contribution in [1.29, 1.82) is 0 Å². The summed E-state index contributed by atoms with van der Waals surface area (Å²) < 4.78 is 6.33. The number of aliphatic hydroxyl groups excluding tert-OH is 1. The molecule has 0 heterocycles. The number of alkyl halides is 1. The predicted molar refractivity (Wildman–Crippen MR) is 148 cm³/mol. The van der Waals surface area contributed by atoms with E-state index in [1.165, 1.54) is 29.5 Å². The van der Waals surface area contributed by atoms with Crippen molar-refractivity contribution in [3.63, 3.8) is 0 Å². The number of ether oxygens (including phenoxy) is 1. The molecular weight excluding hydrogens is 563 g/mol. The van der Waals surface area contributed by atoms with E-state index < -0.39 is 6.10 Å². The van der Waals surface area contributed by atoms with Gasteiger partial charge in [0.2, 0.25) is 0 Å². The molecule has 1 aromatic carbocycles. The van der Waals surface area contributed by atoms with Crippen LogP contribution in [0.25, 0.3) is 0 Å². The average molecular weight is 601 g/mol. The van der Waals surface area contributed by atoms with Gasteiger partial charge >= 0.3 is 0 Å². The molecule has 0 amide bonds. The second kappa shape index (κ2) is 9.07. The molecule has 6 unspecified atom stereocenters. The van der Waals surface area contributed by atoms with Crippen molar-refractivity contribution in [2.24, 2.45) is 34.5 Å². The maximum Gasteiger partial charge on any atom is 0.178 e. The van der Waals surface area contributed by atoms with Crippen molar-refractivity contribution in [2.75, 3.05) is 6.61 Å². The molecule has 3 saturated carbocycles. The topological polar surface area (TPSA) is 63.6 Å². The summed E-state index contributed by atoms with van der Waals surface area (Å²) in [6.07, 6.45) is 13.3. The van der Waals surface area contributed by atoms with Crippen LogP contribution in [0.15, 0.2) is 42.0 Å². The second-order valence-corrected chi connectivity index (χ2v) is 14.0. The Morgan fingerprint density at radius 3 is 2.75 bits per heavy atom. The monoisotopic (exact) mass is 600 g/mol. The first-order valence-corrected chi connectivity index (χ1v) is 15.0. The average Bonchev–Trinajstić information content (AvgIpc) is 3.12. The molecule has 0 aromatic heterocycles. The molecule has 8 atom stereocenters. The molecule has 0 aliphatic heterocycles. The molecule has 192 valence electrons. The molecule has 4 nitrogen and oxygen atoms in total. The van der Waals surface area contributed by atoms with Crippen LogP contribution in [0.5, 0.6) is 5.75 Å². The Balaban J connectivity index is 1.21. The molecular formula is C31H37IO4. The summed E-state index contributed by atoms with van der Waals surface area (Å²) in [5, 5.41) is 11.6. The highest BCUT2D eigenvalue weighted by molar-refractivity contribution is 14.1. The highest BCUT2D eigenvalue weighted by Gasteiger charge is 2.64. The fourth-order valence-electron chi connectivity index (χ4n) is 8.91. The summed E-state index contributed by atoms with van der Waals surface area (Å²) in [6.45, 7) is 4.56. The van der Waals surface area contributed by atoms with Crippen LogP contribution in [0.4, 0.5) is 0 Å². The van der Waals surface area contributed by atoms with Crippen LogP contribution in [0.3, 0.4) is 0 Å². The van der Waals surface area contributed by atoms with E-state index in [4.69, 9.17) is 4.74 Å². The van der Waals surface area contributed by atoms with Crippen LogP contribution in [0.2, 0.25) is 0 Å². The molecule has 3 fully saturated rings. The van der Waals surface area contributed by atoms with Gasteiger partial charge in [0.25, 0.3) is 0 Å². The Morgan fingerprint density at radius 1 is 1.17 bits per heavy atom. The number of benzene rings is 1. The number of aliphatic hydroxyl groups is 1. The van der Waals surface area contributed by atoms with Gasteiger partial charge in [0.15, 0.2) is 11.6 Å². The molecule has 6 rings (SSSR count). The van der Waals surface area contributed by atoms with Crippen molar-refractivity contribution in [3.05, 3.63) is 53.1 Å². The number of Topliss-reactive ketones (excluding diaryl/α,β-unsaturated/α-hetero) is 1. The van der Waals surface area contributed by atoms with Crippen molar-refractivity contribution >= 4 is 34.2 Å². The smallest absolute Gasteiger partial charge is 0.178 e. The third-order valence-electron chi connectivity index (χ3n) is 10.5. The standard InChI is InChI=1S/C31H37IO4/c1-30-12-11-21(33)14-20(30)8-10-23-24-15-25(32)29(31(24,2)16-26(34)28(23)30)27(35)17-36-22-9-7-18-5-3-4-6-19(18)13-22/h7,9,11-14,23-26,28-29,34H,3-6,8,10,15-17H2,1-2H3/t23?,24?,25-,26+,28?,29?,30?,31?/m1/s1. The molecule has 1 N–H and O–H groups in total. The van der Waals surface area contributed by atoms with E-state index in [0.29, 0.717) is 18.3 Å². The van der Waals surface area contributed by atoms with E-state index in [1.807, 2.05) is 6.07 Å². The summed E-state index contributed by atoms with van der Waals surface area (Å²) >= 11 is 2.49. The van der Waals surface area contributed by atoms with Crippen LogP contribution < -0.4 is 4.74 Å². The van der Waals surface area contributed by atoms with Gasteiger partial charge in [-0.25, -0.2) is 0 Å². The summed E-state index contributed by atoms with van der Waals surface area (Å²) in [7, 11) is 0. The zero-order chi connectivity index (χ0) is 25.2. The zero-order valence-corrected chi connectivity index (χ0v) is 23.5. The first kappa shape index (κ1) is 24.8. The van der Waals surface area contributed by atoms with Gasteiger partial charge < -0.3 is 9.84 Å². The van der Waals surface area contributed by atoms with Crippen LogP contribution in [-0.4, -0.2) is 33.3 Å². The van der Waals surface area contributed by atoms with Crippen LogP contribution >= 0.6 is 22.6 Å². The van der Waals surface area contributed by atoms with Crippen molar-refractivity contribution in [2.45, 2.75) is 75.2 Å². The van der Waals surface area contributed by atoms with E-state index in [0.717, 1.165) is 37.9 Å². The van der Waals surface area contributed by atoms with Crippen molar-refractivity contribution < 1.29 is 19.4 Å². The van der Waals surface area contributed by atoms with Crippen LogP contribution in [0.1, 0.15) is 63.5 Å². The number of rotatable bonds is 4. The first-order valence-electron chi connectivity index (χ1n) is 13.7. The minimum Gasteiger partial charge on any atom is -0.486 e. The number of halogens is 1. The third kappa shape index (κ3) is 3.86. The summed E-state index contributed by atoms with van der Waals surface area (Å²) in [4.78, 5) is 25.8. The van der Waals surface area contributed by atoms with E-state index in [1.54, 1.807) is 12.2 Å². The first-order chi connectivity index (χ1) is 17.2. The number of hydrogen-bond acceptors (Lipinski definition) is 4. The summed E-state index contributed by atoms with van der Waals surface area (Å²) in [6, 6.07) is 6.32. The van der Waals surface area contributed by atoms with Gasteiger partial charge in [0.05, 0.1) is 6.10 Å². The number of allylic oxidation sites excluding steroid dienone is 4. The highest BCUT2D eigenvalue weighted by atomic mass is 127. The predicted octanol–water partition coefficient (Wildman–Crippen LogP) is 5.82. The minimum atomic E-state index is -0.485. The lowest BCUT2D eigenvalue weighted by Gasteiger charge is -2.58. The Kier molecular flexibility index (Phi) is 6.26. The molecule has 5 heteroatoms. The lowest BCUT2D eigenvalue weighted by molar-refractivity contribution is -0.140. The van der Waals surface area contributed by atoms with E-state index in [2.05, 4.69) is 54.6 Å². The maximum atomic E-state index is 13.7. The number of fused-ring (bicyclic) bond motifs is 6. The molecule has 0 bridgehead atoms. The van der Waals surface area contributed by atoms with Gasteiger partial charge in [-0.3, -0.25) is 9.59 Å². The van der Waals surface area contributed by atoms with Crippen LogP contribution in [0, 0.1) is 34.5 Å². The van der Waals surface area contributed by atoms with Crippen molar-refractivity contribution in [3.8, 4) is 5.75 Å². The molecule has 0 spiro atoms. The van der Waals surface area contributed by atoms with Gasteiger partial charge in [0.1, 0.15) is 12.4 Å². The molecule has 1 aromatic rings. The number of aryl methyl sites for hydroxylation is 2. The SMILES string of the molecule is CC12C=CC(=O)C=C1CCC1C2[C@@H](O)CC2(C)C1C[C@@H](I)C2C(=O)COc1ccc2c(c1)CCCC2.